The van der Waals surface area contributed by atoms with Gasteiger partial charge in [-0.15, -0.1) is 0 Å². The van der Waals surface area contributed by atoms with Gasteiger partial charge in [0.05, 0.1) is 5.56 Å². The van der Waals surface area contributed by atoms with Crippen molar-refractivity contribution in [1.29, 1.82) is 0 Å². The number of ether oxygens (including phenoxy) is 2. The molecule has 0 aliphatic rings. The first-order valence-corrected chi connectivity index (χ1v) is 9.81. The highest BCUT2D eigenvalue weighted by atomic mass is 16.6. The van der Waals surface area contributed by atoms with Gasteiger partial charge in [-0.2, -0.15) is 0 Å². The Morgan fingerprint density at radius 2 is 1.60 bits per heavy atom. The Hall–Kier alpha value is -3.35. The highest BCUT2D eigenvalue weighted by Crippen LogP contribution is 2.13. The summed E-state index contributed by atoms with van der Waals surface area (Å²) in [4.78, 5) is 35.6. The van der Waals surface area contributed by atoms with E-state index in [1.807, 2.05) is 30.3 Å². The van der Waals surface area contributed by atoms with Crippen molar-refractivity contribution >= 4 is 23.7 Å². The molecule has 30 heavy (non-hydrogen) atoms. The molecule has 0 unspecified atom stereocenters. The fourth-order valence-electron chi connectivity index (χ4n) is 2.54. The molecule has 0 aliphatic carbocycles. The summed E-state index contributed by atoms with van der Waals surface area (Å²) in [5, 5.41) is 5.31. The van der Waals surface area contributed by atoms with Gasteiger partial charge in [-0.3, -0.25) is 10.1 Å². The van der Waals surface area contributed by atoms with E-state index in [2.05, 4.69) is 10.6 Å². The SMILES string of the molecule is CC(C)(C)OC(=O)Nc1ccc(C(=O)OCC(=O)NCCCc2ccccc2)cc1. The quantitative estimate of drug-likeness (QED) is 0.506. The molecular weight excluding hydrogens is 384 g/mol. The summed E-state index contributed by atoms with van der Waals surface area (Å²) in [5.41, 5.74) is 1.37. The van der Waals surface area contributed by atoms with Gasteiger partial charge in [0.15, 0.2) is 6.61 Å². The third-order valence-electron chi connectivity index (χ3n) is 3.91. The normalized spacial score (nSPS) is 10.8. The maximum absolute atomic E-state index is 12.1. The number of aryl methyl sites for hydroxylation is 1. The number of carbonyl (C=O) groups excluding carboxylic acids is 3. The minimum Gasteiger partial charge on any atom is -0.452 e. The van der Waals surface area contributed by atoms with Gasteiger partial charge in [-0.05, 0) is 63.4 Å². The lowest BCUT2D eigenvalue weighted by atomic mass is 10.1. The van der Waals surface area contributed by atoms with Crippen LogP contribution < -0.4 is 10.6 Å². The van der Waals surface area contributed by atoms with Gasteiger partial charge < -0.3 is 14.8 Å². The van der Waals surface area contributed by atoms with E-state index in [0.717, 1.165) is 12.8 Å². The van der Waals surface area contributed by atoms with Crippen LogP contribution in [0.3, 0.4) is 0 Å². The van der Waals surface area contributed by atoms with Crippen LogP contribution >= 0.6 is 0 Å². The molecule has 0 heterocycles. The Labute approximate surface area is 176 Å². The molecule has 7 heteroatoms. The van der Waals surface area contributed by atoms with E-state index in [9.17, 15) is 14.4 Å². The third kappa shape index (κ3) is 8.77. The van der Waals surface area contributed by atoms with Crippen molar-refractivity contribution in [2.45, 2.75) is 39.2 Å². The third-order valence-corrected chi connectivity index (χ3v) is 3.91. The van der Waals surface area contributed by atoms with E-state index in [1.54, 1.807) is 32.9 Å². The molecule has 0 spiro atoms. The van der Waals surface area contributed by atoms with Crippen LogP contribution in [-0.2, 0) is 20.7 Å². The van der Waals surface area contributed by atoms with Crippen LogP contribution in [0.1, 0.15) is 43.1 Å². The molecule has 0 saturated heterocycles. The first-order chi connectivity index (χ1) is 14.2. The molecule has 2 aromatic rings. The molecule has 0 fully saturated rings. The lowest BCUT2D eigenvalue weighted by Gasteiger charge is -2.19. The summed E-state index contributed by atoms with van der Waals surface area (Å²) in [6, 6.07) is 16.1. The topological polar surface area (TPSA) is 93.7 Å². The Balaban J connectivity index is 1.68. The van der Waals surface area contributed by atoms with Crippen molar-refractivity contribution in [1.82, 2.24) is 5.32 Å². The number of hydrogen-bond donors (Lipinski definition) is 2. The standard InChI is InChI=1S/C23H28N2O5/c1-23(2,3)30-22(28)25-19-13-11-18(12-14-19)21(27)29-16-20(26)24-15-7-10-17-8-5-4-6-9-17/h4-6,8-9,11-14H,7,10,15-16H2,1-3H3,(H,24,26)(H,25,28). The highest BCUT2D eigenvalue weighted by Gasteiger charge is 2.16. The molecule has 0 saturated carbocycles. The van der Waals surface area contributed by atoms with Crippen molar-refractivity contribution in [3.05, 3.63) is 65.7 Å². The van der Waals surface area contributed by atoms with Gasteiger partial charge in [-0.25, -0.2) is 9.59 Å². The Kier molecular flexibility index (Phi) is 8.41. The molecule has 0 radical (unpaired) electrons. The first kappa shape index (κ1) is 22.9. The van der Waals surface area contributed by atoms with Crippen LogP contribution in [0, 0.1) is 0 Å². The van der Waals surface area contributed by atoms with Crippen molar-refractivity contribution < 1.29 is 23.9 Å². The maximum atomic E-state index is 12.1. The van der Waals surface area contributed by atoms with Gasteiger partial charge in [-0.1, -0.05) is 30.3 Å². The second-order valence-corrected chi connectivity index (χ2v) is 7.72. The molecule has 2 aromatic carbocycles. The fourth-order valence-corrected chi connectivity index (χ4v) is 2.54. The number of nitrogens with one attached hydrogen (secondary N) is 2. The number of esters is 1. The molecule has 2 N–H and O–H groups in total. The molecule has 2 amide bonds. The smallest absolute Gasteiger partial charge is 0.412 e. The van der Waals surface area contributed by atoms with E-state index in [1.165, 1.54) is 17.7 Å². The van der Waals surface area contributed by atoms with Gasteiger partial charge >= 0.3 is 12.1 Å². The zero-order valence-corrected chi connectivity index (χ0v) is 17.6. The van der Waals surface area contributed by atoms with Crippen molar-refractivity contribution in [3.8, 4) is 0 Å². The van der Waals surface area contributed by atoms with E-state index in [4.69, 9.17) is 9.47 Å². The summed E-state index contributed by atoms with van der Waals surface area (Å²) in [6.45, 7) is 5.47. The molecule has 0 atom stereocenters. The predicted octanol–water partition coefficient (Wildman–Crippen LogP) is 3.94. The van der Waals surface area contributed by atoms with Crippen LogP contribution in [-0.4, -0.2) is 36.7 Å². The van der Waals surface area contributed by atoms with E-state index in [-0.39, 0.29) is 18.1 Å². The van der Waals surface area contributed by atoms with Crippen LogP contribution in [0.4, 0.5) is 10.5 Å². The molecule has 0 bridgehead atoms. The van der Waals surface area contributed by atoms with Crippen molar-refractivity contribution in [2.75, 3.05) is 18.5 Å². The molecule has 160 valence electrons. The minimum absolute atomic E-state index is 0.279. The maximum Gasteiger partial charge on any atom is 0.412 e. The molecule has 0 aliphatic heterocycles. The summed E-state index contributed by atoms with van der Waals surface area (Å²) >= 11 is 0. The number of carbonyl (C=O) groups is 3. The number of amides is 2. The predicted molar refractivity (Wildman–Crippen MR) is 114 cm³/mol. The monoisotopic (exact) mass is 412 g/mol. The minimum atomic E-state index is -0.613. The molecule has 2 rings (SSSR count). The molecule has 0 aromatic heterocycles. The average molecular weight is 412 g/mol. The lowest BCUT2D eigenvalue weighted by molar-refractivity contribution is -0.124. The fraction of sp³-hybridized carbons (Fsp3) is 0.348. The zero-order valence-electron chi connectivity index (χ0n) is 17.6. The summed E-state index contributed by atoms with van der Waals surface area (Å²) in [5.74, 6) is -0.960. The van der Waals surface area contributed by atoms with E-state index in [0.29, 0.717) is 12.2 Å². The van der Waals surface area contributed by atoms with Crippen LogP contribution in [0.2, 0.25) is 0 Å². The van der Waals surface area contributed by atoms with Crippen LogP contribution in [0.15, 0.2) is 54.6 Å². The number of anilines is 1. The Morgan fingerprint density at radius 3 is 2.23 bits per heavy atom. The number of hydrogen-bond acceptors (Lipinski definition) is 5. The van der Waals surface area contributed by atoms with Crippen LogP contribution in [0.25, 0.3) is 0 Å². The van der Waals surface area contributed by atoms with Crippen molar-refractivity contribution in [3.63, 3.8) is 0 Å². The van der Waals surface area contributed by atoms with Gasteiger partial charge in [0, 0.05) is 12.2 Å². The average Bonchev–Trinajstić information content (AvgIpc) is 2.69. The van der Waals surface area contributed by atoms with Gasteiger partial charge in [0.1, 0.15) is 5.60 Å². The number of rotatable bonds is 8. The Morgan fingerprint density at radius 1 is 0.933 bits per heavy atom. The van der Waals surface area contributed by atoms with E-state index >= 15 is 0 Å². The van der Waals surface area contributed by atoms with Gasteiger partial charge in [0.25, 0.3) is 5.91 Å². The summed E-state index contributed by atoms with van der Waals surface area (Å²) < 4.78 is 10.2. The zero-order chi connectivity index (χ0) is 22.0. The molecular formula is C23H28N2O5. The van der Waals surface area contributed by atoms with Gasteiger partial charge in [0.2, 0.25) is 0 Å². The second kappa shape index (κ2) is 11.0. The summed E-state index contributed by atoms with van der Waals surface area (Å²) in [6.07, 6.45) is 1.09. The Bertz CT molecular complexity index is 842. The van der Waals surface area contributed by atoms with Crippen LogP contribution in [0.5, 0.6) is 0 Å². The summed E-state index contributed by atoms with van der Waals surface area (Å²) in [7, 11) is 0. The first-order valence-electron chi connectivity index (χ1n) is 9.81. The lowest BCUT2D eigenvalue weighted by Crippen LogP contribution is -2.29. The largest absolute Gasteiger partial charge is 0.452 e. The van der Waals surface area contributed by atoms with E-state index < -0.39 is 17.7 Å². The second-order valence-electron chi connectivity index (χ2n) is 7.72. The highest BCUT2D eigenvalue weighted by molar-refractivity contribution is 5.92. The number of benzene rings is 2. The molecule has 7 nitrogen and oxygen atoms in total. The van der Waals surface area contributed by atoms with Crippen molar-refractivity contribution in [2.24, 2.45) is 0 Å².